The fourth-order valence-corrected chi connectivity index (χ4v) is 4.20. The Labute approximate surface area is 207 Å². The summed E-state index contributed by atoms with van der Waals surface area (Å²) >= 11 is 12.6. The third-order valence-corrected chi connectivity index (χ3v) is 6.05. The minimum Gasteiger partial charge on any atom is -0.497 e. The SMILES string of the molecule is COc1ccc(C2CC(C(NC(=O)C=Cc3ccc(F)cc3)c3ccc(Cl)cc3Cl)=NN2)cc1. The molecular formula is C26H22Cl2FN3O2. The summed E-state index contributed by atoms with van der Waals surface area (Å²) in [6.45, 7) is 0. The van der Waals surface area contributed by atoms with Gasteiger partial charge in [0.1, 0.15) is 11.6 Å². The molecule has 0 aromatic heterocycles. The van der Waals surface area contributed by atoms with Crippen LogP contribution in [0.2, 0.25) is 10.0 Å². The van der Waals surface area contributed by atoms with Gasteiger partial charge >= 0.3 is 0 Å². The van der Waals surface area contributed by atoms with Crippen LogP contribution < -0.4 is 15.5 Å². The fourth-order valence-electron chi connectivity index (χ4n) is 3.68. The van der Waals surface area contributed by atoms with Gasteiger partial charge in [0.15, 0.2) is 0 Å². The monoisotopic (exact) mass is 497 g/mol. The minimum atomic E-state index is -0.564. The van der Waals surface area contributed by atoms with Crippen LogP contribution in [0.4, 0.5) is 4.39 Å². The summed E-state index contributed by atoms with van der Waals surface area (Å²) in [7, 11) is 1.62. The van der Waals surface area contributed by atoms with Gasteiger partial charge in [0.05, 0.1) is 24.9 Å². The number of hydrogen-bond acceptors (Lipinski definition) is 4. The predicted octanol–water partition coefficient (Wildman–Crippen LogP) is 6.10. The van der Waals surface area contributed by atoms with Crippen molar-refractivity contribution in [2.75, 3.05) is 7.11 Å². The largest absolute Gasteiger partial charge is 0.497 e. The molecule has 0 saturated heterocycles. The van der Waals surface area contributed by atoms with Gasteiger partial charge in [0.25, 0.3) is 0 Å². The third kappa shape index (κ3) is 5.76. The van der Waals surface area contributed by atoms with E-state index in [-0.39, 0.29) is 17.8 Å². The first kappa shape index (κ1) is 23.8. The van der Waals surface area contributed by atoms with Crippen molar-refractivity contribution in [3.8, 4) is 5.75 Å². The third-order valence-electron chi connectivity index (χ3n) is 5.49. The number of benzene rings is 3. The van der Waals surface area contributed by atoms with Crippen LogP contribution in [-0.2, 0) is 4.79 Å². The molecule has 1 heterocycles. The number of ether oxygens (including phenoxy) is 1. The molecular weight excluding hydrogens is 476 g/mol. The summed E-state index contributed by atoms with van der Waals surface area (Å²) in [4.78, 5) is 12.8. The van der Waals surface area contributed by atoms with Crippen LogP contribution in [0.3, 0.4) is 0 Å². The Kier molecular flexibility index (Phi) is 7.50. The minimum absolute atomic E-state index is 0.0545. The number of rotatable bonds is 7. The normalized spacial score (nSPS) is 16.1. The first-order chi connectivity index (χ1) is 16.4. The second-order valence-corrected chi connectivity index (χ2v) is 8.60. The van der Waals surface area contributed by atoms with Crippen LogP contribution in [0.1, 0.15) is 35.2 Å². The number of hydrogen-bond donors (Lipinski definition) is 2. The lowest BCUT2D eigenvalue weighted by Gasteiger charge is -2.20. The predicted molar refractivity (Wildman–Crippen MR) is 134 cm³/mol. The van der Waals surface area contributed by atoms with E-state index in [1.165, 1.54) is 18.2 Å². The van der Waals surface area contributed by atoms with Crippen LogP contribution >= 0.6 is 23.2 Å². The molecule has 0 radical (unpaired) electrons. The second kappa shape index (κ2) is 10.7. The lowest BCUT2D eigenvalue weighted by molar-refractivity contribution is -0.116. The molecule has 1 aliphatic rings. The van der Waals surface area contributed by atoms with Crippen LogP contribution in [0, 0.1) is 5.82 Å². The van der Waals surface area contributed by atoms with E-state index in [2.05, 4.69) is 15.8 Å². The molecule has 34 heavy (non-hydrogen) atoms. The molecule has 0 saturated carbocycles. The van der Waals surface area contributed by atoms with Gasteiger partial charge < -0.3 is 15.5 Å². The quantitative estimate of drug-likeness (QED) is 0.387. The van der Waals surface area contributed by atoms with E-state index in [4.69, 9.17) is 27.9 Å². The maximum Gasteiger partial charge on any atom is 0.244 e. The van der Waals surface area contributed by atoms with Crippen molar-refractivity contribution in [3.05, 3.63) is 105 Å². The number of nitrogens with zero attached hydrogens (tertiary/aromatic N) is 1. The zero-order valence-electron chi connectivity index (χ0n) is 18.3. The first-order valence-corrected chi connectivity index (χ1v) is 11.3. The molecule has 2 unspecified atom stereocenters. The van der Waals surface area contributed by atoms with Crippen LogP contribution in [0.5, 0.6) is 5.75 Å². The van der Waals surface area contributed by atoms with Gasteiger partial charge in [0, 0.05) is 22.5 Å². The van der Waals surface area contributed by atoms with Crippen molar-refractivity contribution in [1.82, 2.24) is 10.7 Å². The Morgan fingerprint density at radius 1 is 1.15 bits per heavy atom. The van der Waals surface area contributed by atoms with Crippen LogP contribution in [0.25, 0.3) is 6.08 Å². The van der Waals surface area contributed by atoms with E-state index in [0.29, 0.717) is 27.6 Å². The van der Waals surface area contributed by atoms with E-state index in [9.17, 15) is 9.18 Å². The lowest BCUT2D eigenvalue weighted by atomic mass is 9.95. The van der Waals surface area contributed by atoms with E-state index in [1.807, 2.05) is 24.3 Å². The Balaban J connectivity index is 1.54. The van der Waals surface area contributed by atoms with Crippen molar-refractivity contribution in [1.29, 1.82) is 0 Å². The van der Waals surface area contributed by atoms with Crippen molar-refractivity contribution in [2.45, 2.75) is 18.5 Å². The van der Waals surface area contributed by atoms with E-state index >= 15 is 0 Å². The summed E-state index contributed by atoms with van der Waals surface area (Å²) in [5, 5.41) is 8.43. The summed E-state index contributed by atoms with van der Waals surface area (Å²) in [5.41, 5.74) is 6.32. The number of carbonyl (C=O) groups is 1. The number of methoxy groups -OCH3 is 1. The summed E-state index contributed by atoms with van der Waals surface area (Å²) in [6.07, 6.45) is 3.58. The number of nitrogens with one attached hydrogen (secondary N) is 2. The zero-order valence-corrected chi connectivity index (χ0v) is 19.8. The maximum atomic E-state index is 13.1. The Hall–Kier alpha value is -3.35. The van der Waals surface area contributed by atoms with E-state index in [1.54, 1.807) is 43.5 Å². The molecule has 2 atom stereocenters. The molecule has 3 aromatic rings. The average molecular weight is 498 g/mol. The first-order valence-electron chi connectivity index (χ1n) is 10.6. The van der Waals surface area contributed by atoms with Gasteiger partial charge in [-0.2, -0.15) is 5.10 Å². The highest BCUT2D eigenvalue weighted by atomic mass is 35.5. The van der Waals surface area contributed by atoms with Crippen molar-refractivity contribution >= 4 is 40.9 Å². The van der Waals surface area contributed by atoms with Crippen molar-refractivity contribution < 1.29 is 13.9 Å². The van der Waals surface area contributed by atoms with Crippen molar-refractivity contribution in [3.63, 3.8) is 0 Å². The molecule has 2 N–H and O–H groups in total. The Morgan fingerprint density at radius 2 is 1.88 bits per heavy atom. The fraction of sp³-hybridized carbons (Fsp3) is 0.154. The second-order valence-electron chi connectivity index (χ2n) is 7.75. The number of hydrazone groups is 1. The lowest BCUT2D eigenvalue weighted by Crippen LogP contribution is -2.32. The van der Waals surface area contributed by atoms with Gasteiger partial charge in [-0.05, 0) is 59.2 Å². The van der Waals surface area contributed by atoms with Crippen LogP contribution in [-0.4, -0.2) is 18.7 Å². The zero-order chi connectivity index (χ0) is 24.1. The Bertz CT molecular complexity index is 1230. The highest BCUT2D eigenvalue weighted by molar-refractivity contribution is 6.35. The topological polar surface area (TPSA) is 62.7 Å². The number of amides is 1. The molecule has 1 aliphatic heterocycles. The molecule has 1 amide bonds. The van der Waals surface area contributed by atoms with E-state index < -0.39 is 6.04 Å². The Morgan fingerprint density at radius 3 is 2.56 bits per heavy atom. The van der Waals surface area contributed by atoms with E-state index in [0.717, 1.165) is 17.0 Å². The van der Waals surface area contributed by atoms with Gasteiger partial charge in [-0.15, -0.1) is 0 Å². The average Bonchev–Trinajstić information content (AvgIpc) is 3.33. The van der Waals surface area contributed by atoms with Gasteiger partial charge in [-0.25, -0.2) is 4.39 Å². The molecule has 5 nitrogen and oxygen atoms in total. The number of carbonyl (C=O) groups excluding carboxylic acids is 1. The molecule has 3 aromatic carbocycles. The smallest absolute Gasteiger partial charge is 0.244 e. The summed E-state index contributed by atoms with van der Waals surface area (Å²) in [6, 6.07) is 18.1. The summed E-state index contributed by atoms with van der Waals surface area (Å²) < 4.78 is 18.4. The summed E-state index contributed by atoms with van der Waals surface area (Å²) in [5.74, 6) is 0.0991. The highest BCUT2D eigenvalue weighted by Crippen LogP contribution is 2.32. The van der Waals surface area contributed by atoms with Crippen molar-refractivity contribution in [2.24, 2.45) is 5.10 Å². The molecule has 174 valence electrons. The molecule has 0 bridgehead atoms. The van der Waals surface area contributed by atoms with Gasteiger partial charge in [-0.3, -0.25) is 4.79 Å². The van der Waals surface area contributed by atoms with Crippen LogP contribution in [0.15, 0.2) is 77.9 Å². The number of halogens is 3. The van der Waals surface area contributed by atoms with Gasteiger partial charge in [-0.1, -0.05) is 53.5 Å². The molecule has 0 spiro atoms. The molecule has 0 fully saturated rings. The molecule has 4 rings (SSSR count). The van der Waals surface area contributed by atoms with Gasteiger partial charge in [0.2, 0.25) is 5.91 Å². The molecule has 8 heteroatoms. The highest BCUT2D eigenvalue weighted by Gasteiger charge is 2.29. The standard InChI is InChI=1S/C26H22Cl2FN3O2/c1-34-20-10-5-17(6-11-20)23-15-24(32-31-23)26(21-12-7-18(27)14-22(21)28)30-25(33)13-4-16-2-8-19(29)9-3-16/h2-14,23,26,31H,15H2,1H3,(H,30,33). The maximum absolute atomic E-state index is 13.1. The molecule has 0 aliphatic carbocycles.